The van der Waals surface area contributed by atoms with Crippen LogP contribution in [0, 0.1) is 100 Å². The van der Waals surface area contributed by atoms with Crippen molar-refractivity contribution >= 4 is 68.2 Å². The van der Waals surface area contributed by atoms with Gasteiger partial charge in [-0.2, -0.15) is 0 Å². The molecule has 0 aliphatic rings. The second-order valence-electron chi connectivity index (χ2n) is 11.3. The number of hydrogen-bond donors (Lipinski definition) is 0. The van der Waals surface area contributed by atoms with Gasteiger partial charge in [0.15, 0.2) is 34.1 Å². The summed E-state index contributed by atoms with van der Waals surface area (Å²) in [6.45, 7) is 39.5. The summed E-state index contributed by atoms with van der Waals surface area (Å²) in [7, 11) is 0. The van der Waals surface area contributed by atoms with Crippen LogP contribution in [0.25, 0.3) is 29.1 Å². The molecular weight excluding hydrogens is 963 g/mol. The van der Waals surface area contributed by atoms with Crippen molar-refractivity contribution in [3.8, 4) is 0 Å². The Kier molecular flexibility index (Phi) is 25.5. The summed E-state index contributed by atoms with van der Waals surface area (Å²) >= 11 is 0. The van der Waals surface area contributed by atoms with Crippen molar-refractivity contribution in [3.05, 3.63) is 275 Å². The van der Waals surface area contributed by atoms with Crippen molar-refractivity contribution in [3.63, 3.8) is 0 Å². The van der Waals surface area contributed by atoms with E-state index in [0.717, 1.165) is 0 Å². The first kappa shape index (κ1) is 56.3. The van der Waals surface area contributed by atoms with Crippen molar-refractivity contribution in [1.82, 2.24) is 0 Å². The number of nitrogens with zero attached hydrogens (tertiary/aromatic N) is 12. The quantitative estimate of drug-likeness (QED) is 0.0855. The number of nitro groups is 6. The minimum Gasteiger partial charge on any atom is -0.258 e. The maximum Gasteiger partial charge on any atom is 0.266 e. The van der Waals surface area contributed by atoms with Crippen molar-refractivity contribution in [2.75, 3.05) is 0 Å². The molecule has 0 atom stereocenters. The number of hydrogen-bond acceptors (Lipinski definition) is 12. The average Bonchev–Trinajstić information content (AvgIpc) is 3.35. The van der Waals surface area contributed by atoms with Gasteiger partial charge in [0.2, 0.25) is 0 Å². The molecule has 6 aromatic rings. The smallest absolute Gasteiger partial charge is 0.258 e. The van der Waals surface area contributed by atoms with Gasteiger partial charge in [0.05, 0.1) is 69.0 Å². The third-order valence-electron chi connectivity index (χ3n) is 7.14. The Balaban J connectivity index is 0.000000778. The molecule has 6 aromatic carbocycles. The maximum absolute atomic E-state index is 10.1. The second kappa shape index (κ2) is 30.4. The SMILES string of the molecule is [99Tc].[C-]#[N+]c1ccc([N+](=O)[O-])cc1.[C-]#[N+]c1ccc([N+](=O)[O-])cc1.[C-]#[N+]c1ccc([N+](=O)[O-])cc1.[C-]#[N+]c1ccc([N+](=O)[O-])cc1.[C-]#[N+]c1ccc([N+](=O)[O-])cc1.[C-]#[N+]c1ccc([N+](=O)[O-])cc1. The summed E-state index contributed by atoms with van der Waals surface area (Å²) in [4.78, 5) is 76.4. The van der Waals surface area contributed by atoms with Gasteiger partial charge in [-0.1, -0.05) is 0 Å². The fraction of sp³-hybridized carbons (Fsp3) is 0. The molecule has 25 heteroatoms. The molecule has 0 fully saturated rings. The molecular formula is C42H24N12O12Tc. The zero-order valence-corrected chi connectivity index (χ0v) is 35.4. The molecule has 0 aliphatic heterocycles. The predicted molar refractivity (Wildman–Crippen MR) is 236 cm³/mol. The Labute approximate surface area is 391 Å². The van der Waals surface area contributed by atoms with Gasteiger partial charge >= 0.3 is 0 Å². The normalized spacial score (nSPS) is 8.51. The zero-order valence-electron chi connectivity index (χ0n) is 33.5. The van der Waals surface area contributed by atoms with Gasteiger partial charge in [-0.3, -0.25) is 60.7 Å². The van der Waals surface area contributed by atoms with Crippen LogP contribution in [0.1, 0.15) is 0 Å². The van der Waals surface area contributed by atoms with Crippen LogP contribution in [0.4, 0.5) is 68.2 Å². The molecule has 0 spiro atoms. The van der Waals surface area contributed by atoms with E-state index in [9.17, 15) is 60.7 Å². The van der Waals surface area contributed by atoms with Crippen LogP contribution in [-0.4, -0.2) is 29.5 Å². The molecule has 6 rings (SSSR count). The Morgan fingerprint density at radius 3 is 0.388 bits per heavy atom. The van der Waals surface area contributed by atoms with Crippen molar-refractivity contribution in [2.45, 2.75) is 0 Å². The largest absolute Gasteiger partial charge is 0.266 e. The number of non-ortho nitro benzene ring substituents is 6. The molecule has 0 bridgehead atoms. The molecule has 0 saturated heterocycles. The summed E-state index contributed by atoms with van der Waals surface area (Å²) in [6, 6.07) is 32.8. The van der Waals surface area contributed by atoms with E-state index in [2.05, 4.69) is 29.1 Å². The Morgan fingerprint density at radius 2 is 0.328 bits per heavy atom. The first-order chi connectivity index (χ1) is 31.4. The monoisotopic (exact) mass is 987 g/mol. The molecule has 24 nitrogen and oxygen atoms in total. The van der Waals surface area contributed by atoms with E-state index in [1.54, 1.807) is 0 Å². The molecule has 0 N–H and O–H groups in total. The standard InChI is InChI=1S/6C7H4N2O2.Tc/c6*1-8-6-2-4-7(5-3-6)9(10)11;/h6*2-5H;/i;;;;;;1+1. The van der Waals surface area contributed by atoms with Gasteiger partial charge in [-0.15, -0.1) is 0 Å². The summed E-state index contributed by atoms with van der Waals surface area (Å²) in [5.74, 6) is 0. The van der Waals surface area contributed by atoms with E-state index in [0.29, 0.717) is 34.1 Å². The van der Waals surface area contributed by atoms with E-state index >= 15 is 0 Å². The topological polar surface area (TPSA) is 285 Å². The van der Waals surface area contributed by atoms with Crippen molar-refractivity contribution in [1.29, 1.82) is 0 Å². The molecule has 0 amide bonds. The maximum atomic E-state index is 10.1. The fourth-order valence-electron chi connectivity index (χ4n) is 3.89. The minimum atomic E-state index is -0.492. The predicted octanol–water partition coefficient (Wildman–Crippen LogP) is 12.9. The summed E-state index contributed by atoms with van der Waals surface area (Å²) < 4.78 is 0. The van der Waals surface area contributed by atoms with Crippen LogP contribution in [0.2, 0.25) is 0 Å². The third-order valence-corrected chi connectivity index (χ3v) is 7.14. The molecule has 1 radical (unpaired) electrons. The van der Waals surface area contributed by atoms with Crippen molar-refractivity contribution in [2.24, 2.45) is 0 Å². The van der Waals surface area contributed by atoms with Crippen LogP contribution in [0.15, 0.2) is 146 Å². The van der Waals surface area contributed by atoms with E-state index in [4.69, 9.17) is 39.4 Å². The van der Waals surface area contributed by atoms with E-state index in [1.807, 2.05) is 0 Å². The summed E-state index contributed by atoms with van der Waals surface area (Å²) in [5, 5.41) is 60.8. The van der Waals surface area contributed by atoms with E-state index < -0.39 is 29.5 Å². The van der Waals surface area contributed by atoms with Gasteiger partial charge in [0.25, 0.3) is 34.1 Å². The number of benzene rings is 6. The first-order valence-corrected chi connectivity index (χ1v) is 17.1. The number of rotatable bonds is 6. The van der Waals surface area contributed by atoms with Crippen molar-refractivity contribution < 1.29 is 49.6 Å². The summed E-state index contributed by atoms with van der Waals surface area (Å²) in [6.07, 6.45) is 0. The Morgan fingerprint density at radius 1 is 0.239 bits per heavy atom. The molecule has 0 aliphatic carbocycles. The molecule has 0 saturated carbocycles. The van der Waals surface area contributed by atoms with Gasteiger partial charge in [-0.25, -0.2) is 29.1 Å². The van der Waals surface area contributed by atoms with Crippen LogP contribution in [-0.2, 0) is 20.1 Å². The van der Waals surface area contributed by atoms with Crippen LogP contribution >= 0.6 is 0 Å². The van der Waals surface area contributed by atoms with Gasteiger partial charge in [0, 0.05) is 92.9 Å². The van der Waals surface area contributed by atoms with Gasteiger partial charge in [-0.05, 0) is 72.8 Å². The number of nitro benzene ring substituents is 6. The van der Waals surface area contributed by atoms with Gasteiger partial charge < -0.3 is 0 Å². The minimum absolute atomic E-state index is 0. The first-order valence-electron chi connectivity index (χ1n) is 17.1. The Hall–Kier alpha value is -10.7. The van der Waals surface area contributed by atoms with Crippen LogP contribution < -0.4 is 0 Å². The molecule has 0 unspecified atom stereocenters. The summed E-state index contributed by atoms with van der Waals surface area (Å²) in [5.41, 5.74) is 2.54. The third kappa shape index (κ3) is 21.6. The molecule has 0 heterocycles. The second-order valence-corrected chi connectivity index (χ2v) is 11.3. The van der Waals surface area contributed by atoms with E-state index in [-0.39, 0.29) is 54.2 Å². The molecule has 331 valence electrons. The van der Waals surface area contributed by atoms with Gasteiger partial charge in [0.1, 0.15) is 0 Å². The fourth-order valence-corrected chi connectivity index (χ4v) is 3.89. The average molecular weight is 988 g/mol. The Bertz CT molecular complexity index is 2390. The molecule has 67 heavy (non-hydrogen) atoms. The van der Waals surface area contributed by atoms with E-state index in [1.165, 1.54) is 146 Å². The zero-order chi connectivity index (χ0) is 49.6. The molecule has 0 aromatic heterocycles. The van der Waals surface area contributed by atoms with Crippen LogP contribution in [0.3, 0.4) is 0 Å². The van der Waals surface area contributed by atoms with Crippen LogP contribution in [0.5, 0.6) is 0 Å².